The molecule has 2 aliphatic rings. The van der Waals surface area contributed by atoms with E-state index < -0.39 is 0 Å². The molecule has 0 N–H and O–H groups in total. The summed E-state index contributed by atoms with van der Waals surface area (Å²) in [5, 5.41) is 9.31. The van der Waals surface area contributed by atoms with Gasteiger partial charge in [-0.05, 0) is 29.2 Å². The number of hydrogen-bond acceptors (Lipinski definition) is 3. The molecule has 0 unspecified atom stereocenters. The minimum absolute atomic E-state index is 0.279. The van der Waals surface area contributed by atoms with Gasteiger partial charge in [0.2, 0.25) is 0 Å². The highest BCUT2D eigenvalue weighted by Crippen LogP contribution is 2.25. The maximum absolute atomic E-state index is 9.31. The van der Waals surface area contributed by atoms with Gasteiger partial charge in [0.1, 0.15) is 0 Å². The topological polar surface area (TPSA) is 36.3 Å². The molecule has 1 aliphatic heterocycles. The van der Waals surface area contributed by atoms with Crippen molar-refractivity contribution < 1.29 is 4.74 Å². The van der Waals surface area contributed by atoms with E-state index in [0.717, 1.165) is 49.4 Å². The summed E-state index contributed by atoms with van der Waals surface area (Å²) in [6.45, 7) is 3.68. The first-order chi connectivity index (χ1) is 13.3. The van der Waals surface area contributed by atoms with Crippen LogP contribution in [0.3, 0.4) is 0 Å². The van der Waals surface area contributed by atoms with Crippen molar-refractivity contribution in [2.24, 2.45) is 5.92 Å². The monoisotopic (exact) mass is 356 g/mol. The molecule has 0 aromatic heterocycles. The zero-order chi connectivity index (χ0) is 18.5. The lowest BCUT2D eigenvalue weighted by molar-refractivity contribution is -0.0504. The third kappa shape index (κ3) is 4.19. The van der Waals surface area contributed by atoms with E-state index in [1.54, 1.807) is 0 Å². The normalized spacial score (nSPS) is 22.5. The summed E-state index contributed by atoms with van der Waals surface area (Å²) in [7, 11) is 0. The highest BCUT2D eigenvalue weighted by Gasteiger charge is 2.26. The Labute approximate surface area is 161 Å². The van der Waals surface area contributed by atoms with Crippen LogP contribution in [0.4, 0.5) is 0 Å². The number of hydrogen-bond donors (Lipinski definition) is 0. The van der Waals surface area contributed by atoms with Gasteiger partial charge in [0.15, 0.2) is 0 Å². The third-order valence-electron chi connectivity index (χ3n) is 5.39. The predicted molar refractivity (Wildman–Crippen MR) is 108 cm³/mol. The molecular weight excluding hydrogens is 332 g/mol. The van der Waals surface area contributed by atoms with Crippen molar-refractivity contribution in [3.8, 4) is 17.2 Å². The highest BCUT2D eigenvalue weighted by atomic mass is 16.5. The molecule has 2 aromatic carbocycles. The average Bonchev–Trinajstić information content (AvgIpc) is 2.75. The number of ether oxygens (including phenoxy) is 1. The summed E-state index contributed by atoms with van der Waals surface area (Å²) in [6.07, 6.45) is 10.1. The Morgan fingerprint density at radius 2 is 1.93 bits per heavy atom. The van der Waals surface area contributed by atoms with Crippen LogP contribution in [0.5, 0.6) is 0 Å². The average molecular weight is 356 g/mol. The molecule has 3 nitrogen and oxygen atoms in total. The van der Waals surface area contributed by atoms with E-state index in [9.17, 15) is 5.26 Å². The zero-order valence-electron chi connectivity index (χ0n) is 15.4. The lowest BCUT2D eigenvalue weighted by atomic mass is 9.93. The van der Waals surface area contributed by atoms with Crippen LogP contribution >= 0.6 is 0 Å². The molecule has 1 saturated heterocycles. The standard InChI is InChI=1S/C24H24N2O/c25-16-22-8-4-5-9-23(22)20-12-10-19(11-13-20)17-26-14-15-27-24(18-26)21-6-2-1-3-7-21/h1-6,8-13,21,24H,7,14-15,17-18H2/t21-,24-/m1/s1. The predicted octanol–water partition coefficient (Wildman–Crippen LogP) is 4.56. The fourth-order valence-corrected chi connectivity index (χ4v) is 3.89. The minimum atomic E-state index is 0.279. The van der Waals surface area contributed by atoms with Crippen LogP contribution in [0.1, 0.15) is 17.5 Å². The zero-order valence-corrected chi connectivity index (χ0v) is 15.4. The first-order valence-corrected chi connectivity index (χ1v) is 9.59. The molecule has 2 atom stereocenters. The van der Waals surface area contributed by atoms with Gasteiger partial charge in [0.25, 0.3) is 0 Å². The Kier molecular flexibility index (Phi) is 5.48. The summed E-state index contributed by atoms with van der Waals surface area (Å²) in [6, 6.07) is 18.6. The van der Waals surface area contributed by atoms with Crippen LogP contribution in [-0.2, 0) is 11.3 Å². The molecule has 0 amide bonds. The number of benzene rings is 2. The Morgan fingerprint density at radius 3 is 2.70 bits per heavy atom. The van der Waals surface area contributed by atoms with E-state index in [1.165, 1.54) is 5.56 Å². The summed E-state index contributed by atoms with van der Waals surface area (Å²) in [5.41, 5.74) is 4.11. The van der Waals surface area contributed by atoms with Gasteiger partial charge in [-0.25, -0.2) is 0 Å². The molecule has 3 heteroatoms. The van der Waals surface area contributed by atoms with Crippen molar-refractivity contribution in [2.75, 3.05) is 19.7 Å². The van der Waals surface area contributed by atoms with E-state index in [1.807, 2.05) is 24.3 Å². The summed E-state index contributed by atoms with van der Waals surface area (Å²) >= 11 is 0. The SMILES string of the molecule is N#Cc1ccccc1-c1ccc(CN2CCO[C@@H]([C@@H]3C=CC=CC3)C2)cc1. The Balaban J connectivity index is 1.42. The van der Waals surface area contributed by atoms with E-state index in [4.69, 9.17) is 4.74 Å². The largest absolute Gasteiger partial charge is 0.375 e. The Morgan fingerprint density at radius 1 is 1.07 bits per heavy atom. The second kappa shape index (κ2) is 8.35. The first kappa shape index (κ1) is 17.7. The molecule has 0 radical (unpaired) electrons. The van der Waals surface area contributed by atoms with Crippen molar-refractivity contribution in [1.82, 2.24) is 4.90 Å². The lowest BCUT2D eigenvalue weighted by Gasteiger charge is -2.36. The molecule has 1 fully saturated rings. The van der Waals surface area contributed by atoms with Crippen LogP contribution in [0.25, 0.3) is 11.1 Å². The maximum Gasteiger partial charge on any atom is 0.0998 e. The van der Waals surface area contributed by atoms with Gasteiger partial charge in [-0.2, -0.15) is 5.26 Å². The number of morpholine rings is 1. The Bertz CT molecular complexity index is 876. The second-order valence-electron chi connectivity index (χ2n) is 7.21. The van der Waals surface area contributed by atoms with Gasteiger partial charge >= 0.3 is 0 Å². The molecule has 27 heavy (non-hydrogen) atoms. The molecule has 1 aliphatic carbocycles. The van der Waals surface area contributed by atoms with E-state index in [2.05, 4.69) is 59.5 Å². The molecule has 1 heterocycles. The third-order valence-corrected chi connectivity index (χ3v) is 5.39. The van der Waals surface area contributed by atoms with Gasteiger partial charge in [0.05, 0.1) is 24.3 Å². The van der Waals surface area contributed by atoms with Gasteiger partial charge in [-0.15, -0.1) is 0 Å². The Hall–Kier alpha value is -2.67. The second-order valence-corrected chi connectivity index (χ2v) is 7.21. The number of allylic oxidation sites excluding steroid dienone is 3. The number of nitrogens with zero attached hydrogens (tertiary/aromatic N) is 2. The fraction of sp³-hybridized carbons (Fsp3) is 0.292. The van der Waals surface area contributed by atoms with Crippen LogP contribution in [0.15, 0.2) is 72.8 Å². The van der Waals surface area contributed by atoms with Crippen LogP contribution in [0, 0.1) is 17.2 Å². The maximum atomic E-state index is 9.31. The quantitative estimate of drug-likeness (QED) is 0.806. The minimum Gasteiger partial charge on any atom is -0.375 e. The van der Waals surface area contributed by atoms with Crippen LogP contribution in [-0.4, -0.2) is 30.7 Å². The molecule has 136 valence electrons. The van der Waals surface area contributed by atoms with Crippen LogP contribution in [0.2, 0.25) is 0 Å². The number of rotatable bonds is 4. The summed E-state index contributed by atoms with van der Waals surface area (Å²) in [4.78, 5) is 2.48. The molecular formula is C24H24N2O. The van der Waals surface area contributed by atoms with E-state index >= 15 is 0 Å². The van der Waals surface area contributed by atoms with Gasteiger partial charge in [-0.3, -0.25) is 4.90 Å². The van der Waals surface area contributed by atoms with E-state index in [0.29, 0.717) is 5.92 Å². The van der Waals surface area contributed by atoms with Crippen molar-refractivity contribution in [2.45, 2.75) is 19.1 Å². The smallest absolute Gasteiger partial charge is 0.0998 e. The van der Waals surface area contributed by atoms with Crippen molar-refractivity contribution in [1.29, 1.82) is 5.26 Å². The molecule has 0 bridgehead atoms. The van der Waals surface area contributed by atoms with Crippen molar-refractivity contribution in [3.05, 3.63) is 84.0 Å². The number of nitriles is 1. The van der Waals surface area contributed by atoms with Crippen molar-refractivity contribution >= 4 is 0 Å². The molecule has 0 spiro atoms. The van der Waals surface area contributed by atoms with Gasteiger partial charge in [0, 0.05) is 25.6 Å². The van der Waals surface area contributed by atoms with Gasteiger partial charge in [-0.1, -0.05) is 66.8 Å². The summed E-state index contributed by atoms with van der Waals surface area (Å²) in [5.74, 6) is 0.489. The van der Waals surface area contributed by atoms with Crippen molar-refractivity contribution in [3.63, 3.8) is 0 Å². The summed E-state index contributed by atoms with van der Waals surface area (Å²) < 4.78 is 6.03. The first-order valence-electron chi connectivity index (χ1n) is 9.59. The van der Waals surface area contributed by atoms with E-state index in [-0.39, 0.29) is 6.10 Å². The molecule has 0 saturated carbocycles. The van der Waals surface area contributed by atoms with Crippen LogP contribution < -0.4 is 0 Å². The fourth-order valence-electron chi connectivity index (χ4n) is 3.89. The van der Waals surface area contributed by atoms with Gasteiger partial charge < -0.3 is 4.74 Å². The lowest BCUT2D eigenvalue weighted by Crippen LogP contribution is -2.45. The highest BCUT2D eigenvalue weighted by molar-refractivity contribution is 5.70. The molecule has 2 aromatic rings. The molecule has 4 rings (SSSR count).